The average molecular weight is 543 g/mol. The monoisotopic (exact) mass is 542 g/mol. The molecule has 6 atom stereocenters. The van der Waals surface area contributed by atoms with Gasteiger partial charge in [0.1, 0.15) is 12.2 Å². The summed E-state index contributed by atoms with van der Waals surface area (Å²) in [5, 5.41) is 0. The molecule has 1 aromatic carbocycles. The highest BCUT2D eigenvalue weighted by Gasteiger charge is 2.47. The van der Waals surface area contributed by atoms with Crippen molar-refractivity contribution in [2.24, 2.45) is 11.8 Å². The number of hydrogen-bond donors (Lipinski definition) is 0. The minimum Gasteiger partial charge on any atom is -0.468 e. The molecule has 210 valence electrons. The number of piperidine rings is 1. The molecule has 3 aromatic rings. The van der Waals surface area contributed by atoms with Crippen LogP contribution in [0.4, 0.5) is 0 Å². The Balaban J connectivity index is 1.25. The van der Waals surface area contributed by atoms with Crippen molar-refractivity contribution < 1.29 is 9.53 Å². The third kappa shape index (κ3) is 4.41. The molecular formula is C32H38N4O4. The highest BCUT2D eigenvalue weighted by atomic mass is 16.5. The van der Waals surface area contributed by atoms with Crippen LogP contribution in [-0.4, -0.2) is 50.2 Å². The van der Waals surface area contributed by atoms with Gasteiger partial charge in [-0.2, -0.15) is 0 Å². The second kappa shape index (κ2) is 10.3. The van der Waals surface area contributed by atoms with Crippen molar-refractivity contribution in [3.8, 4) is 11.3 Å². The fourth-order valence-corrected chi connectivity index (χ4v) is 8.67. The molecule has 8 heteroatoms. The Labute approximate surface area is 234 Å². The molecule has 40 heavy (non-hydrogen) atoms. The number of hydrogen-bond acceptors (Lipinski definition) is 6. The van der Waals surface area contributed by atoms with Crippen LogP contribution in [0.5, 0.6) is 0 Å². The Hall–Kier alpha value is -3.26. The quantitative estimate of drug-likeness (QED) is 0.440. The average Bonchev–Trinajstić information content (AvgIpc) is 3.23. The lowest BCUT2D eigenvalue weighted by atomic mass is 9.69. The van der Waals surface area contributed by atoms with E-state index in [-0.39, 0.29) is 29.4 Å². The number of methoxy groups -OCH3 is 1. The predicted molar refractivity (Wildman–Crippen MR) is 153 cm³/mol. The number of benzene rings is 1. The van der Waals surface area contributed by atoms with Gasteiger partial charge >= 0.3 is 5.97 Å². The van der Waals surface area contributed by atoms with E-state index in [0.717, 1.165) is 30.2 Å². The molecule has 4 aliphatic rings. The van der Waals surface area contributed by atoms with Crippen LogP contribution >= 0.6 is 0 Å². The first-order valence-corrected chi connectivity index (χ1v) is 15.1. The summed E-state index contributed by atoms with van der Waals surface area (Å²) in [4.78, 5) is 47.1. The van der Waals surface area contributed by atoms with Gasteiger partial charge in [0.15, 0.2) is 0 Å². The zero-order chi connectivity index (χ0) is 27.4. The smallest absolute Gasteiger partial charge is 0.325 e. The van der Waals surface area contributed by atoms with Gasteiger partial charge in [0.2, 0.25) is 0 Å². The van der Waals surface area contributed by atoms with Crippen molar-refractivity contribution in [3.63, 3.8) is 0 Å². The van der Waals surface area contributed by atoms with Crippen LogP contribution in [0.25, 0.3) is 22.3 Å². The van der Waals surface area contributed by atoms with Crippen molar-refractivity contribution >= 4 is 17.0 Å². The van der Waals surface area contributed by atoms with Gasteiger partial charge < -0.3 is 13.9 Å². The van der Waals surface area contributed by atoms with E-state index in [1.807, 2.05) is 28.8 Å². The first-order chi connectivity index (χ1) is 19.5. The van der Waals surface area contributed by atoms with E-state index in [1.54, 1.807) is 12.1 Å². The maximum absolute atomic E-state index is 14.2. The first-order valence-electron chi connectivity index (χ1n) is 15.1. The summed E-state index contributed by atoms with van der Waals surface area (Å²) in [6.07, 6.45) is 14.2. The lowest BCUT2D eigenvalue weighted by molar-refractivity contribution is -0.141. The molecule has 0 spiro atoms. The Morgan fingerprint density at radius 1 is 0.850 bits per heavy atom. The minimum atomic E-state index is -0.521. The van der Waals surface area contributed by atoms with Gasteiger partial charge in [0, 0.05) is 30.4 Å². The summed E-state index contributed by atoms with van der Waals surface area (Å²) in [5.41, 5.74) is 1.25. The molecular weight excluding hydrogens is 504 g/mol. The molecule has 8 nitrogen and oxygen atoms in total. The summed E-state index contributed by atoms with van der Waals surface area (Å²) in [5.74, 6) is 1.28. The third-order valence-corrected chi connectivity index (χ3v) is 10.3. The molecule has 0 unspecified atom stereocenters. The lowest BCUT2D eigenvalue weighted by Gasteiger charge is -2.49. The largest absolute Gasteiger partial charge is 0.468 e. The minimum absolute atomic E-state index is 0.0667. The van der Waals surface area contributed by atoms with Gasteiger partial charge in [-0.25, -0.2) is 4.98 Å². The topological polar surface area (TPSA) is 86.4 Å². The van der Waals surface area contributed by atoms with E-state index in [9.17, 15) is 14.4 Å². The van der Waals surface area contributed by atoms with Crippen molar-refractivity contribution in [2.75, 3.05) is 7.11 Å². The fourth-order valence-electron chi connectivity index (χ4n) is 8.67. The zero-order valence-electron chi connectivity index (χ0n) is 23.2. The number of carbonyl (C=O) groups is 1. The van der Waals surface area contributed by atoms with Crippen molar-refractivity contribution in [1.82, 2.24) is 19.0 Å². The van der Waals surface area contributed by atoms with E-state index in [0.29, 0.717) is 23.6 Å². The van der Waals surface area contributed by atoms with Gasteiger partial charge in [-0.3, -0.25) is 19.3 Å². The number of para-hydroxylation sites is 2. The van der Waals surface area contributed by atoms with E-state index in [2.05, 4.69) is 4.90 Å². The predicted octanol–water partition coefficient (Wildman–Crippen LogP) is 4.53. The zero-order valence-corrected chi connectivity index (χ0v) is 23.2. The van der Waals surface area contributed by atoms with Crippen molar-refractivity contribution in [3.05, 3.63) is 63.3 Å². The molecule has 2 aliphatic carbocycles. The Morgan fingerprint density at radius 2 is 1.57 bits per heavy atom. The Kier molecular flexibility index (Phi) is 6.61. The highest BCUT2D eigenvalue weighted by molar-refractivity contribution is 5.78. The Morgan fingerprint density at radius 3 is 2.30 bits per heavy atom. The summed E-state index contributed by atoms with van der Waals surface area (Å²) in [6.45, 7) is -0.213. The van der Waals surface area contributed by atoms with E-state index >= 15 is 0 Å². The molecule has 2 aromatic heterocycles. The molecule has 0 amide bonds. The van der Waals surface area contributed by atoms with Crippen molar-refractivity contribution in [2.45, 2.75) is 94.9 Å². The molecule has 2 saturated carbocycles. The lowest BCUT2D eigenvalue weighted by Crippen LogP contribution is -2.52. The van der Waals surface area contributed by atoms with Gasteiger partial charge in [0.25, 0.3) is 11.1 Å². The normalized spacial score (nSPS) is 29.9. The van der Waals surface area contributed by atoms with Gasteiger partial charge in [-0.1, -0.05) is 31.4 Å². The van der Waals surface area contributed by atoms with E-state index in [1.165, 1.54) is 69.2 Å². The SMILES string of the molecule is COC(=O)Cn1cccc(-c2nc3ccccc3n([C@@H]3C[C@H]4CC[C@@H](C3)N4[C@@H]3C[C@@H]4CCC[C@@H](C4)C3)c2=O)c1=O. The number of ether oxygens (including phenoxy) is 1. The maximum Gasteiger partial charge on any atom is 0.325 e. The molecule has 2 saturated heterocycles. The highest BCUT2D eigenvalue weighted by Crippen LogP contribution is 2.48. The second-order valence-electron chi connectivity index (χ2n) is 12.5. The van der Waals surface area contributed by atoms with Crippen LogP contribution in [0.2, 0.25) is 0 Å². The van der Waals surface area contributed by atoms with E-state index in [4.69, 9.17) is 9.72 Å². The van der Waals surface area contributed by atoms with Crippen molar-refractivity contribution in [1.29, 1.82) is 0 Å². The molecule has 4 fully saturated rings. The number of fused-ring (bicyclic) bond motifs is 5. The third-order valence-electron chi connectivity index (χ3n) is 10.3. The number of carbonyl (C=O) groups excluding carboxylic acids is 1. The van der Waals surface area contributed by atoms with Crippen LogP contribution in [0.1, 0.15) is 70.3 Å². The number of aromatic nitrogens is 3. The molecule has 0 N–H and O–H groups in total. The molecule has 7 rings (SSSR count). The summed E-state index contributed by atoms with van der Waals surface area (Å²) >= 11 is 0. The summed E-state index contributed by atoms with van der Waals surface area (Å²) in [6, 6.07) is 12.8. The molecule has 0 radical (unpaired) electrons. The summed E-state index contributed by atoms with van der Waals surface area (Å²) < 4.78 is 7.97. The van der Waals surface area contributed by atoms with Crippen LogP contribution in [0.3, 0.4) is 0 Å². The Bertz CT molecular complexity index is 1530. The number of pyridine rings is 1. The maximum atomic E-state index is 14.2. The van der Waals surface area contributed by atoms with Gasteiger partial charge in [0.05, 0.1) is 23.7 Å². The van der Waals surface area contributed by atoms with Crippen LogP contribution in [-0.2, 0) is 16.1 Å². The number of nitrogens with zero attached hydrogens (tertiary/aromatic N) is 4. The van der Waals surface area contributed by atoms with Gasteiger partial charge in [-0.15, -0.1) is 0 Å². The van der Waals surface area contributed by atoms with Crippen LogP contribution in [0, 0.1) is 11.8 Å². The van der Waals surface area contributed by atoms with Gasteiger partial charge in [-0.05, 0) is 81.0 Å². The second-order valence-corrected chi connectivity index (χ2v) is 12.5. The fraction of sp³-hybridized carbons (Fsp3) is 0.562. The van der Waals surface area contributed by atoms with Crippen LogP contribution in [0.15, 0.2) is 52.2 Å². The standard InChI is InChI=1S/C32H38N4O4/c1-40-29(37)19-34-13-5-8-26(31(34)38)30-32(39)36(28-10-3-2-9-27(28)33-30)25-17-22-11-12-23(18-25)35(22)24-15-20-6-4-7-21(14-20)16-24/h2-3,5,8-10,13,20-25H,4,6-7,11-12,14-19H2,1H3/t20-,21+,22-,23+,24-,25-. The van der Waals surface area contributed by atoms with Crippen LogP contribution < -0.4 is 11.1 Å². The summed E-state index contributed by atoms with van der Waals surface area (Å²) in [7, 11) is 1.29. The molecule has 4 heterocycles. The first kappa shape index (κ1) is 25.7. The molecule has 2 aliphatic heterocycles. The number of esters is 1. The van der Waals surface area contributed by atoms with E-state index < -0.39 is 11.5 Å². The molecule has 4 bridgehead atoms. The number of rotatable bonds is 5.